The van der Waals surface area contributed by atoms with Crippen LogP contribution in [0.1, 0.15) is 33.7 Å². The predicted molar refractivity (Wildman–Crippen MR) is 123 cm³/mol. The van der Waals surface area contributed by atoms with Gasteiger partial charge in [0.2, 0.25) is 0 Å². The van der Waals surface area contributed by atoms with Gasteiger partial charge in [0.15, 0.2) is 0 Å². The number of halogens is 1. The SMILES string of the molecule is Cc1ncn(-c2ccc(C(=O)N[C@@H]3CCN(c4cc(C#N)cc(C(=N)N)c4O)C3)c(Cl)c2)n1. The average Bonchev–Trinajstić information content (AvgIpc) is 3.42. The minimum absolute atomic E-state index is 0.103. The van der Waals surface area contributed by atoms with Crippen LogP contribution in [0, 0.1) is 23.7 Å². The molecule has 2 aromatic carbocycles. The number of aromatic hydroxyl groups is 1. The zero-order valence-electron chi connectivity index (χ0n) is 17.7. The molecular formula is C22H21ClN8O2. The highest BCUT2D eigenvalue weighted by Gasteiger charge is 2.28. The molecule has 168 valence electrons. The third-order valence-electron chi connectivity index (χ3n) is 5.44. The van der Waals surface area contributed by atoms with Crippen molar-refractivity contribution in [1.82, 2.24) is 20.1 Å². The predicted octanol–water partition coefficient (Wildman–Crippen LogP) is 2.10. The number of hydrogen-bond acceptors (Lipinski definition) is 7. The molecule has 0 aliphatic carbocycles. The fraction of sp³-hybridized carbons (Fsp3) is 0.227. The van der Waals surface area contributed by atoms with E-state index in [-0.39, 0.29) is 34.7 Å². The number of hydrogen-bond donors (Lipinski definition) is 4. The van der Waals surface area contributed by atoms with Gasteiger partial charge >= 0.3 is 0 Å². The molecule has 1 aliphatic rings. The lowest BCUT2D eigenvalue weighted by molar-refractivity contribution is 0.0940. The minimum Gasteiger partial charge on any atom is -0.505 e. The van der Waals surface area contributed by atoms with Crippen molar-refractivity contribution in [3.63, 3.8) is 0 Å². The molecule has 1 atom stereocenters. The second kappa shape index (κ2) is 8.80. The summed E-state index contributed by atoms with van der Waals surface area (Å²) in [6.45, 7) is 2.74. The minimum atomic E-state index is -0.325. The molecule has 11 heteroatoms. The van der Waals surface area contributed by atoms with Gasteiger partial charge in [0.25, 0.3) is 5.91 Å². The first-order chi connectivity index (χ1) is 15.8. The summed E-state index contributed by atoms with van der Waals surface area (Å²) < 4.78 is 1.58. The smallest absolute Gasteiger partial charge is 0.253 e. The van der Waals surface area contributed by atoms with E-state index < -0.39 is 0 Å². The number of nitrogen functional groups attached to an aromatic ring is 1. The van der Waals surface area contributed by atoms with Gasteiger partial charge < -0.3 is 21.1 Å². The Kier molecular flexibility index (Phi) is 5.89. The fourth-order valence-corrected chi connectivity index (χ4v) is 4.05. The first kappa shape index (κ1) is 22.1. The van der Waals surface area contributed by atoms with Gasteiger partial charge in [0.05, 0.1) is 39.2 Å². The number of amidine groups is 1. The van der Waals surface area contributed by atoms with Crippen molar-refractivity contribution in [2.24, 2.45) is 5.73 Å². The topological polar surface area (TPSA) is 157 Å². The van der Waals surface area contributed by atoms with E-state index in [1.165, 1.54) is 6.07 Å². The molecule has 1 fully saturated rings. The Labute approximate surface area is 194 Å². The molecule has 0 bridgehead atoms. The number of nitrogens with zero attached hydrogens (tertiary/aromatic N) is 5. The van der Waals surface area contributed by atoms with Gasteiger partial charge in [-0.3, -0.25) is 10.2 Å². The number of anilines is 1. The number of carbonyl (C=O) groups excluding carboxylic acids is 1. The zero-order valence-corrected chi connectivity index (χ0v) is 18.5. The number of benzene rings is 2. The Bertz CT molecular complexity index is 1300. The Morgan fingerprint density at radius 3 is 2.79 bits per heavy atom. The summed E-state index contributed by atoms with van der Waals surface area (Å²) in [6, 6.07) is 9.78. The molecule has 0 spiro atoms. The number of phenols is 1. The van der Waals surface area contributed by atoms with Gasteiger partial charge in [-0.25, -0.2) is 9.67 Å². The largest absolute Gasteiger partial charge is 0.505 e. The second-order valence-electron chi connectivity index (χ2n) is 7.72. The number of rotatable bonds is 5. The third kappa shape index (κ3) is 4.44. The fourth-order valence-electron chi connectivity index (χ4n) is 3.79. The molecule has 33 heavy (non-hydrogen) atoms. The molecule has 4 rings (SSSR count). The van der Waals surface area contributed by atoms with Crippen molar-refractivity contribution in [3.8, 4) is 17.5 Å². The molecule has 1 saturated heterocycles. The highest BCUT2D eigenvalue weighted by Crippen LogP contribution is 2.34. The van der Waals surface area contributed by atoms with Crippen LogP contribution in [0.3, 0.4) is 0 Å². The lowest BCUT2D eigenvalue weighted by atomic mass is 10.1. The zero-order chi connectivity index (χ0) is 23.7. The summed E-state index contributed by atoms with van der Waals surface area (Å²) in [5.74, 6) is -0.169. The van der Waals surface area contributed by atoms with Crippen molar-refractivity contribution in [2.75, 3.05) is 18.0 Å². The Morgan fingerprint density at radius 1 is 1.36 bits per heavy atom. The first-order valence-corrected chi connectivity index (χ1v) is 10.5. The summed E-state index contributed by atoms with van der Waals surface area (Å²) in [5.41, 5.74) is 7.37. The average molecular weight is 465 g/mol. The van der Waals surface area contributed by atoms with Gasteiger partial charge in [-0.05, 0) is 43.7 Å². The Morgan fingerprint density at radius 2 is 2.15 bits per heavy atom. The van der Waals surface area contributed by atoms with Crippen molar-refractivity contribution >= 4 is 29.0 Å². The number of phenolic OH excluding ortho intramolecular Hbond substituents is 1. The van der Waals surface area contributed by atoms with Crippen LogP contribution in [0.25, 0.3) is 5.69 Å². The second-order valence-corrected chi connectivity index (χ2v) is 8.13. The summed E-state index contributed by atoms with van der Waals surface area (Å²) in [4.78, 5) is 18.8. The maximum atomic E-state index is 12.8. The number of nitrogens with one attached hydrogen (secondary N) is 2. The van der Waals surface area contributed by atoms with E-state index in [9.17, 15) is 15.2 Å². The summed E-state index contributed by atoms with van der Waals surface area (Å²) in [5, 5.41) is 35.0. The number of nitriles is 1. The standard InChI is InChI=1S/C22H21ClN8O2/c1-12-27-11-31(29-12)15-2-3-16(18(23)8-15)22(33)28-14-4-5-30(10-14)19-7-13(9-24)6-17(20(19)32)21(25)26/h2-3,6-8,11,14,32H,4-5,10H2,1H3,(H3,25,26)(H,28,33)/t14-/m1/s1. The number of nitrogens with two attached hydrogens (primary N) is 1. The molecule has 5 N–H and O–H groups in total. The highest BCUT2D eigenvalue weighted by molar-refractivity contribution is 6.34. The summed E-state index contributed by atoms with van der Waals surface area (Å²) in [7, 11) is 0. The monoisotopic (exact) mass is 464 g/mol. The van der Waals surface area contributed by atoms with Crippen LogP contribution in [-0.4, -0.2) is 50.7 Å². The molecule has 1 amide bonds. The van der Waals surface area contributed by atoms with Crippen LogP contribution < -0.4 is 16.0 Å². The summed E-state index contributed by atoms with van der Waals surface area (Å²) in [6.07, 6.45) is 2.20. The van der Waals surface area contributed by atoms with Crippen molar-refractivity contribution in [1.29, 1.82) is 10.7 Å². The van der Waals surface area contributed by atoms with Crippen LogP contribution in [0.2, 0.25) is 5.02 Å². The lowest BCUT2D eigenvalue weighted by Gasteiger charge is -2.22. The van der Waals surface area contributed by atoms with E-state index >= 15 is 0 Å². The van der Waals surface area contributed by atoms with Crippen LogP contribution in [0.15, 0.2) is 36.7 Å². The summed E-state index contributed by atoms with van der Waals surface area (Å²) >= 11 is 6.36. The highest BCUT2D eigenvalue weighted by atomic mass is 35.5. The Balaban J connectivity index is 1.48. The van der Waals surface area contributed by atoms with E-state index in [0.717, 1.165) is 0 Å². The van der Waals surface area contributed by atoms with E-state index in [1.807, 2.05) is 11.0 Å². The molecule has 0 unspecified atom stereocenters. The lowest BCUT2D eigenvalue weighted by Crippen LogP contribution is -2.37. The van der Waals surface area contributed by atoms with Gasteiger partial charge in [0.1, 0.15) is 23.7 Å². The van der Waals surface area contributed by atoms with Crippen LogP contribution >= 0.6 is 11.6 Å². The molecular weight excluding hydrogens is 444 g/mol. The van der Waals surface area contributed by atoms with E-state index in [1.54, 1.807) is 42.2 Å². The van der Waals surface area contributed by atoms with E-state index in [0.29, 0.717) is 47.3 Å². The molecule has 2 heterocycles. The van der Waals surface area contributed by atoms with Crippen molar-refractivity contribution < 1.29 is 9.90 Å². The molecule has 3 aromatic rings. The third-order valence-corrected chi connectivity index (χ3v) is 5.75. The normalized spacial score (nSPS) is 15.3. The molecule has 1 aromatic heterocycles. The molecule has 0 saturated carbocycles. The number of amides is 1. The van der Waals surface area contributed by atoms with Gasteiger partial charge in [-0.2, -0.15) is 10.4 Å². The van der Waals surface area contributed by atoms with Crippen molar-refractivity contribution in [2.45, 2.75) is 19.4 Å². The Hall–Kier alpha value is -4.10. The van der Waals surface area contributed by atoms with Crippen LogP contribution in [0.4, 0.5) is 5.69 Å². The van der Waals surface area contributed by atoms with Gasteiger partial charge in [-0.1, -0.05) is 11.6 Å². The quantitative estimate of drug-likeness (QED) is 0.332. The van der Waals surface area contributed by atoms with Crippen LogP contribution in [0.5, 0.6) is 5.75 Å². The number of aromatic nitrogens is 3. The maximum Gasteiger partial charge on any atom is 0.253 e. The van der Waals surface area contributed by atoms with Crippen molar-refractivity contribution in [3.05, 3.63) is 64.2 Å². The van der Waals surface area contributed by atoms with Gasteiger partial charge in [0, 0.05) is 19.1 Å². The molecule has 1 aliphatic heterocycles. The molecule has 10 nitrogen and oxygen atoms in total. The maximum absolute atomic E-state index is 12.8. The van der Waals surface area contributed by atoms with Gasteiger partial charge in [-0.15, -0.1) is 0 Å². The van der Waals surface area contributed by atoms with E-state index in [4.69, 9.17) is 22.7 Å². The number of aryl methyl sites for hydroxylation is 1. The van der Waals surface area contributed by atoms with Crippen LogP contribution in [-0.2, 0) is 0 Å². The number of carbonyl (C=O) groups is 1. The van der Waals surface area contributed by atoms with E-state index in [2.05, 4.69) is 15.4 Å². The first-order valence-electron chi connectivity index (χ1n) is 10.1. The molecule has 0 radical (unpaired) electrons.